The van der Waals surface area contributed by atoms with Gasteiger partial charge in [-0.2, -0.15) is 4.31 Å². The number of hydrogen-bond acceptors (Lipinski definition) is 3. The normalized spacial score (nSPS) is 22.0. The molecule has 18 heavy (non-hydrogen) atoms. The van der Waals surface area contributed by atoms with Crippen molar-refractivity contribution in [3.63, 3.8) is 0 Å². The van der Waals surface area contributed by atoms with Gasteiger partial charge in [-0.15, -0.1) is 0 Å². The van der Waals surface area contributed by atoms with E-state index in [1.54, 1.807) is 16.6 Å². The first-order valence-electron chi connectivity index (χ1n) is 6.14. The Morgan fingerprint density at radius 2 is 2.28 bits per heavy atom. The monoisotopic (exact) mass is 332 g/mol. The van der Waals surface area contributed by atoms with E-state index in [9.17, 15) is 8.42 Å². The number of hydrogen-bond donors (Lipinski definition) is 0. The molecule has 1 atom stereocenters. The molecule has 0 amide bonds. The van der Waals surface area contributed by atoms with Crippen molar-refractivity contribution in [1.29, 1.82) is 0 Å². The summed E-state index contributed by atoms with van der Waals surface area (Å²) in [7, 11) is -3.39. The van der Waals surface area contributed by atoms with Gasteiger partial charge in [-0.1, -0.05) is 13.3 Å². The summed E-state index contributed by atoms with van der Waals surface area (Å²) in [6, 6.07) is 1.61. The van der Waals surface area contributed by atoms with Crippen LogP contribution in [0.2, 0.25) is 0 Å². The van der Waals surface area contributed by atoms with Gasteiger partial charge < -0.3 is 0 Å². The van der Waals surface area contributed by atoms with Crippen molar-refractivity contribution < 1.29 is 8.42 Å². The van der Waals surface area contributed by atoms with Crippen molar-refractivity contribution in [1.82, 2.24) is 9.29 Å². The van der Waals surface area contributed by atoms with Crippen molar-refractivity contribution >= 4 is 26.0 Å². The predicted molar refractivity (Wildman–Crippen MR) is 73.7 cm³/mol. The molecule has 0 radical (unpaired) electrons. The third-order valence-corrected chi connectivity index (χ3v) is 5.64. The van der Waals surface area contributed by atoms with Crippen molar-refractivity contribution in [2.45, 2.75) is 31.1 Å². The van der Waals surface area contributed by atoms with Gasteiger partial charge in [0.25, 0.3) is 0 Å². The Bertz CT molecular complexity index is 519. The minimum absolute atomic E-state index is 0.272. The van der Waals surface area contributed by atoms with E-state index in [1.165, 1.54) is 6.20 Å². The van der Waals surface area contributed by atoms with Crippen molar-refractivity contribution in [3.05, 3.63) is 22.9 Å². The highest BCUT2D eigenvalue weighted by atomic mass is 79.9. The highest BCUT2D eigenvalue weighted by Gasteiger charge is 2.29. The number of sulfonamides is 1. The van der Waals surface area contributed by atoms with E-state index in [2.05, 4.69) is 27.8 Å². The SMILES string of the molecule is CC[C@@H]1CCCN(S(=O)(=O)c2cncc(Br)c2)C1. The summed E-state index contributed by atoms with van der Waals surface area (Å²) in [4.78, 5) is 4.20. The molecule has 6 heteroatoms. The number of aromatic nitrogens is 1. The Labute approximate surface area is 117 Å². The molecule has 1 aliphatic heterocycles. The molecule has 100 valence electrons. The van der Waals surface area contributed by atoms with Gasteiger partial charge in [-0.25, -0.2) is 8.42 Å². The Kier molecular flexibility index (Phi) is 4.40. The minimum Gasteiger partial charge on any atom is -0.262 e. The first kappa shape index (κ1) is 14.0. The van der Waals surface area contributed by atoms with Crippen molar-refractivity contribution in [2.75, 3.05) is 13.1 Å². The summed E-state index contributed by atoms with van der Waals surface area (Å²) >= 11 is 3.26. The van der Waals surface area contributed by atoms with E-state index < -0.39 is 10.0 Å². The van der Waals surface area contributed by atoms with Gasteiger partial charge >= 0.3 is 0 Å². The number of piperidine rings is 1. The molecule has 0 aliphatic carbocycles. The molecule has 1 aromatic rings. The fraction of sp³-hybridized carbons (Fsp3) is 0.583. The number of halogens is 1. The summed E-state index contributed by atoms with van der Waals surface area (Å²) in [5, 5.41) is 0. The van der Waals surface area contributed by atoms with E-state index in [0.717, 1.165) is 19.3 Å². The maximum atomic E-state index is 12.5. The highest BCUT2D eigenvalue weighted by Crippen LogP contribution is 2.25. The molecule has 0 unspecified atom stereocenters. The number of nitrogens with zero attached hydrogens (tertiary/aromatic N) is 2. The lowest BCUT2D eigenvalue weighted by Crippen LogP contribution is -2.39. The molecule has 1 aromatic heterocycles. The van der Waals surface area contributed by atoms with Crippen LogP contribution in [0.15, 0.2) is 27.8 Å². The third kappa shape index (κ3) is 2.92. The van der Waals surface area contributed by atoms with E-state index >= 15 is 0 Å². The van der Waals surface area contributed by atoms with Crippen LogP contribution >= 0.6 is 15.9 Å². The zero-order valence-corrected chi connectivity index (χ0v) is 12.7. The van der Waals surface area contributed by atoms with E-state index in [1.807, 2.05) is 0 Å². The molecule has 2 rings (SSSR count). The number of rotatable bonds is 3. The molecule has 2 heterocycles. The Balaban J connectivity index is 2.25. The predicted octanol–water partition coefficient (Wildman–Crippen LogP) is 2.65. The second kappa shape index (κ2) is 5.67. The summed E-state index contributed by atoms with van der Waals surface area (Å²) in [5.74, 6) is 0.480. The first-order valence-corrected chi connectivity index (χ1v) is 8.38. The average molecular weight is 333 g/mol. The van der Waals surface area contributed by atoms with Crippen LogP contribution in [0.1, 0.15) is 26.2 Å². The molecular formula is C12H17BrN2O2S. The van der Waals surface area contributed by atoms with Crippen LogP contribution in [0.5, 0.6) is 0 Å². The first-order chi connectivity index (χ1) is 8.54. The summed E-state index contributed by atoms with van der Waals surface area (Å²) in [5.41, 5.74) is 0. The van der Waals surface area contributed by atoms with Gasteiger partial charge in [0.1, 0.15) is 4.90 Å². The molecule has 0 spiro atoms. The van der Waals surface area contributed by atoms with Gasteiger partial charge in [0.15, 0.2) is 0 Å². The van der Waals surface area contributed by atoms with Gasteiger partial charge in [0.05, 0.1) is 0 Å². The standard InChI is InChI=1S/C12H17BrN2O2S/c1-2-10-4-3-5-15(9-10)18(16,17)12-6-11(13)7-14-8-12/h6-8,10H,2-5,9H2,1H3/t10-/m1/s1. The fourth-order valence-corrected chi connectivity index (χ4v) is 4.32. The van der Waals surface area contributed by atoms with E-state index in [4.69, 9.17) is 0 Å². The number of pyridine rings is 1. The van der Waals surface area contributed by atoms with Crippen LogP contribution in [0.25, 0.3) is 0 Å². The van der Waals surface area contributed by atoms with E-state index in [-0.39, 0.29) is 4.90 Å². The average Bonchev–Trinajstić information content (AvgIpc) is 2.39. The lowest BCUT2D eigenvalue weighted by molar-refractivity contribution is 0.261. The largest absolute Gasteiger partial charge is 0.262 e. The summed E-state index contributed by atoms with van der Waals surface area (Å²) in [6.07, 6.45) is 6.10. The molecule has 0 aromatic carbocycles. The van der Waals surface area contributed by atoms with Gasteiger partial charge in [0, 0.05) is 30.0 Å². The third-order valence-electron chi connectivity index (χ3n) is 3.38. The second-order valence-electron chi connectivity index (χ2n) is 4.62. The Morgan fingerprint density at radius 3 is 2.94 bits per heavy atom. The maximum Gasteiger partial charge on any atom is 0.244 e. The van der Waals surface area contributed by atoms with E-state index in [0.29, 0.717) is 23.5 Å². The molecule has 0 saturated carbocycles. The van der Waals surface area contributed by atoms with Gasteiger partial charge in [-0.05, 0) is 40.8 Å². The molecule has 1 aliphatic rings. The summed E-state index contributed by atoms with van der Waals surface area (Å²) in [6.45, 7) is 3.36. The van der Waals surface area contributed by atoms with Gasteiger partial charge in [-0.3, -0.25) is 4.98 Å². The maximum absolute atomic E-state index is 12.5. The molecule has 0 bridgehead atoms. The van der Waals surface area contributed by atoms with Crippen LogP contribution in [-0.4, -0.2) is 30.8 Å². The molecular weight excluding hydrogens is 316 g/mol. The van der Waals surface area contributed by atoms with Gasteiger partial charge in [0.2, 0.25) is 10.0 Å². The van der Waals surface area contributed by atoms with Crippen LogP contribution in [0.3, 0.4) is 0 Å². The Hall–Kier alpha value is -0.460. The molecule has 0 N–H and O–H groups in total. The lowest BCUT2D eigenvalue weighted by atomic mass is 9.97. The second-order valence-corrected chi connectivity index (χ2v) is 7.47. The molecule has 1 saturated heterocycles. The topological polar surface area (TPSA) is 50.3 Å². The van der Waals surface area contributed by atoms with Crippen LogP contribution < -0.4 is 0 Å². The fourth-order valence-electron chi connectivity index (χ4n) is 2.26. The highest BCUT2D eigenvalue weighted by molar-refractivity contribution is 9.10. The molecule has 4 nitrogen and oxygen atoms in total. The van der Waals surface area contributed by atoms with Crippen LogP contribution in [-0.2, 0) is 10.0 Å². The van der Waals surface area contributed by atoms with Crippen molar-refractivity contribution in [2.24, 2.45) is 5.92 Å². The quantitative estimate of drug-likeness (QED) is 0.854. The smallest absolute Gasteiger partial charge is 0.244 e. The summed E-state index contributed by atoms with van der Waals surface area (Å²) < 4.78 is 27.2. The zero-order valence-electron chi connectivity index (χ0n) is 10.3. The Morgan fingerprint density at radius 1 is 1.50 bits per heavy atom. The van der Waals surface area contributed by atoms with Crippen LogP contribution in [0, 0.1) is 5.92 Å². The minimum atomic E-state index is -3.39. The van der Waals surface area contributed by atoms with Crippen molar-refractivity contribution in [3.8, 4) is 0 Å². The molecule has 1 fully saturated rings. The van der Waals surface area contributed by atoms with Crippen LogP contribution in [0.4, 0.5) is 0 Å². The zero-order chi connectivity index (χ0) is 13.2. The lowest BCUT2D eigenvalue weighted by Gasteiger charge is -2.31.